The molecule has 0 radical (unpaired) electrons. The summed E-state index contributed by atoms with van der Waals surface area (Å²) in [5.74, 6) is 0.412. The third kappa shape index (κ3) is 4.57. The van der Waals surface area contributed by atoms with Gasteiger partial charge >= 0.3 is 6.09 Å². The van der Waals surface area contributed by atoms with Gasteiger partial charge in [-0.15, -0.1) is 0 Å². The second-order valence-electron chi connectivity index (χ2n) is 7.44. The van der Waals surface area contributed by atoms with E-state index in [-0.39, 0.29) is 18.1 Å². The predicted molar refractivity (Wildman–Crippen MR) is 78.4 cm³/mol. The molecule has 2 fully saturated rings. The van der Waals surface area contributed by atoms with Crippen LogP contribution in [0.2, 0.25) is 0 Å². The number of carbonyl (C=O) groups is 1. The molecule has 2 atom stereocenters. The minimum absolute atomic E-state index is 0.154. The number of carbonyl (C=O) groups excluding carboxylic acids is 1. The van der Waals surface area contributed by atoms with Gasteiger partial charge in [0.1, 0.15) is 5.60 Å². The molecule has 1 aliphatic carbocycles. The van der Waals surface area contributed by atoms with Crippen LogP contribution in [0.5, 0.6) is 0 Å². The molecule has 1 amide bonds. The van der Waals surface area contributed by atoms with Crippen LogP contribution in [-0.2, 0) is 19.0 Å². The summed E-state index contributed by atoms with van der Waals surface area (Å²) >= 11 is 0. The van der Waals surface area contributed by atoms with Gasteiger partial charge in [-0.2, -0.15) is 8.42 Å². The molecule has 0 spiro atoms. The normalized spacial score (nSPS) is 29.5. The quantitative estimate of drug-likeness (QED) is 0.744. The standard InChI is InChI=1S/C14H25NO5S/c1-13(2,3)20-12(16)15-8-11-5-6-14(7-11,9-15)10-19-21(4,17)18/h11H,5-10H2,1-4H3. The molecule has 0 N–H and O–H groups in total. The summed E-state index contributed by atoms with van der Waals surface area (Å²) < 4.78 is 32.9. The van der Waals surface area contributed by atoms with Crippen LogP contribution in [0.4, 0.5) is 4.79 Å². The van der Waals surface area contributed by atoms with Crippen LogP contribution in [0.25, 0.3) is 0 Å². The van der Waals surface area contributed by atoms with Crippen molar-refractivity contribution in [1.82, 2.24) is 4.90 Å². The van der Waals surface area contributed by atoms with E-state index >= 15 is 0 Å². The van der Waals surface area contributed by atoms with Gasteiger partial charge in [0.15, 0.2) is 0 Å². The lowest BCUT2D eigenvalue weighted by Gasteiger charge is -2.40. The highest BCUT2D eigenvalue weighted by molar-refractivity contribution is 7.85. The Kier molecular flexibility index (Phi) is 4.28. The molecule has 0 aromatic rings. The van der Waals surface area contributed by atoms with Crippen LogP contribution in [0.1, 0.15) is 40.0 Å². The van der Waals surface area contributed by atoms with Crippen molar-refractivity contribution >= 4 is 16.2 Å². The van der Waals surface area contributed by atoms with E-state index in [0.29, 0.717) is 19.0 Å². The Bertz CT molecular complexity index is 510. The fraction of sp³-hybridized carbons (Fsp3) is 0.929. The molecule has 1 heterocycles. The van der Waals surface area contributed by atoms with Gasteiger partial charge in [0.2, 0.25) is 0 Å². The van der Waals surface area contributed by atoms with Gasteiger partial charge in [-0.3, -0.25) is 4.18 Å². The van der Waals surface area contributed by atoms with Crippen molar-refractivity contribution in [3.63, 3.8) is 0 Å². The predicted octanol–water partition coefficient (Wildman–Crippen LogP) is 2.00. The van der Waals surface area contributed by atoms with Crippen LogP contribution in [0.15, 0.2) is 0 Å². The number of ether oxygens (including phenoxy) is 1. The van der Waals surface area contributed by atoms with Crippen molar-refractivity contribution in [1.29, 1.82) is 0 Å². The van der Waals surface area contributed by atoms with Gasteiger partial charge in [-0.25, -0.2) is 4.79 Å². The lowest BCUT2D eigenvalue weighted by atomic mass is 9.83. The summed E-state index contributed by atoms with van der Waals surface area (Å²) in [5.41, 5.74) is -0.771. The number of piperidine rings is 1. The lowest BCUT2D eigenvalue weighted by molar-refractivity contribution is -0.00221. The van der Waals surface area contributed by atoms with Crippen LogP contribution in [-0.4, -0.2) is 51.0 Å². The van der Waals surface area contributed by atoms with E-state index in [9.17, 15) is 13.2 Å². The summed E-state index contributed by atoms with van der Waals surface area (Å²) in [6.07, 6.45) is 3.56. The maximum absolute atomic E-state index is 12.2. The molecular weight excluding hydrogens is 294 g/mol. The molecule has 1 aliphatic heterocycles. The molecule has 122 valence electrons. The molecule has 6 nitrogen and oxygen atoms in total. The fourth-order valence-corrected chi connectivity index (χ4v) is 3.75. The summed E-state index contributed by atoms with van der Waals surface area (Å²) in [6.45, 7) is 6.87. The third-order valence-corrected chi connectivity index (χ3v) is 4.59. The van der Waals surface area contributed by atoms with E-state index in [1.165, 1.54) is 0 Å². The molecule has 2 unspecified atom stereocenters. The van der Waals surface area contributed by atoms with Gasteiger partial charge in [0, 0.05) is 18.5 Å². The second kappa shape index (κ2) is 5.43. The molecule has 2 bridgehead atoms. The minimum atomic E-state index is -3.45. The number of rotatable bonds is 3. The Morgan fingerprint density at radius 3 is 2.62 bits per heavy atom. The number of fused-ring (bicyclic) bond motifs is 2. The van der Waals surface area contributed by atoms with Gasteiger partial charge < -0.3 is 9.64 Å². The van der Waals surface area contributed by atoms with Crippen molar-refractivity contribution in [2.24, 2.45) is 11.3 Å². The minimum Gasteiger partial charge on any atom is -0.444 e. The highest BCUT2D eigenvalue weighted by atomic mass is 32.2. The average Bonchev–Trinajstić information content (AvgIpc) is 2.60. The second-order valence-corrected chi connectivity index (χ2v) is 9.08. The Balaban J connectivity index is 2.03. The number of hydrogen-bond acceptors (Lipinski definition) is 5. The van der Waals surface area contributed by atoms with Gasteiger partial charge in [0.25, 0.3) is 10.1 Å². The van der Waals surface area contributed by atoms with E-state index in [2.05, 4.69) is 0 Å². The molecule has 7 heteroatoms. The fourth-order valence-electron chi connectivity index (χ4n) is 3.28. The summed E-state index contributed by atoms with van der Waals surface area (Å²) in [5, 5.41) is 0. The maximum Gasteiger partial charge on any atom is 0.410 e. The smallest absolute Gasteiger partial charge is 0.410 e. The summed E-state index contributed by atoms with van der Waals surface area (Å²) in [7, 11) is -3.45. The molecule has 1 saturated heterocycles. The molecule has 0 aromatic heterocycles. The van der Waals surface area contributed by atoms with E-state index in [1.54, 1.807) is 4.90 Å². The van der Waals surface area contributed by atoms with Crippen molar-refractivity contribution in [3.8, 4) is 0 Å². The molecule has 2 aliphatic rings. The zero-order valence-corrected chi connectivity index (χ0v) is 14.0. The molecule has 21 heavy (non-hydrogen) atoms. The van der Waals surface area contributed by atoms with Crippen LogP contribution in [0, 0.1) is 11.3 Å². The molecular formula is C14H25NO5S. The highest BCUT2D eigenvalue weighted by Crippen LogP contribution is 2.47. The third-order valence-electron chi connectivity index (χ3n) is 4.04. The van der Waals surface area contributed by atoms with Gasteiger partial charge in [0.05, 0.1) is 12.9 Å². The highest BCUT2D eigenvalue weighted by Gasteiger charge is 2.47. The number of hydrogen-bond donors (Lipinski definition) is 0. The molecule has 2 rings (SSSR count). The van der Waals surface area contributed by atoms with Crippen LogP contribution < -0.4 is 0 Å². The Hall–Kier alpha value is -0.820. The Labute approximate surface area is 126 Å². The summed E-state index contributed by atoms with van der Waals surface area (Å²) in [6, 6.07) is 0. The molecule has 0 aromatic carbocycles. The topological polar surface area (TPSA) is 72.9 Å². The van der Waals surface area contributed by atoms with Crippen molar-refractivity contribution in [3.05, 3.63) is 0 Å². The number of amides is 1. The largest absolute Gasteiger partial charge is 0.444 e. The summed E-state index contributed by atoms with van der Waals surface area (Å²) in [4.78, 5) is 13.9. The SMILES string of the molecule is CC(C)(C)OC(=O)N1CC2CCC(COS(C)(=O)=O)(C2)C1. The first-order valence-electron chi connectivity index (χ1n) is 7.30. The monoisotopic (exact) mass is 319 g/mol. The van der Waals surface area contributed by atoms with Crippen LogP contribution in [0.3, 0.4) is 0 Å². The maximum atomic E-state index is 12.2. The van der Waals surface area contributed by atoms with E-state index < -0.39 is 15.7 Å². The van der Waals surface area contributed by atoms with Gasteiger partial charge in [-0.1, -0.05) is 0 Å². The average molecular weight is 319 g/mol. The van der Waals surface area contributed by atoms with Crippen molar-refractivity contribution < 1.29 is 22.1 Å². The zero-order chi connectivity index (χ0) is 15.9. The first-order chi connectivity index (χ1) is 9.48. The van der Waals surface area contributed by atoms with Crippen molar-refractivity contribution in [2.45, 2.75) is 45.6 Å². The van der Waals surface area contributed by atoms with Gasteiger partial charge in [-0.05, 0) is 46.0 Å². The van der Waals surface area contributed by atoms with E-state index in [0.717, 1.165) is 25.5 Å². The van der Waals surface area contributed by atoms with Crippen molar-refractivity contribution in [2.75, 3.05) is 26.0 Å². The Morgan fingerprint density at radius 2 is 2.05 bits per heavy atom. The molecule has 1 saturated carbocycles. The van der Waals surface area contributed by atoms with E-state index in [4.69, 9.17) is 8.92 Å². The lowest BCUT2D eigenvalue weighted by Crippen LogP contribution is -2.49. The van der Waals surface area contributed by atoms with Crippen LogP contribution >= 0.6 is 0 Å². The number of likely N-dealkylation sites (tertiary alicyclic amines) is 1. The van der Waals surface area contributed by atoms with E-state index in [1.807, 2.05) is 20.8 Å². The Morgan fingerprint density at radius 1 is 1.38 bits per heavy atom. The first-order valence-corrected chi connectivity index (χ1v) is 9.12. The first kappa shape index (κ1) is 16.5. The number of nitrogens with zero attached hydrogens (tertiary/aromatic N) is 1. The zero-order valence-electron chi connectivity index (χ0n) is 13.2.